The van der Waals surface area contributed by atoms with Crippen LogP contribution in [0.1, 0.15) is 84.5 Å². The van der Waals surface area contributed by atoms with E-state index in [4.69, 9.17) is 19.8 Å². The lowest BCUT2D eigenvalue weighted by atomic mass is 9.81. The van der Waals surface area contributed by atoms with E-state index in [1.165, 1.54) is 10.7 Å². The van der Waals surface area contributed by atoms with Crippen molar-refractivity contribution in [3.05, 3.63) is 41.2 Å². The van der Waals surface area contributed by atoms with E-state index in [9.17, 15) is 31.5 Å². The van der Waals surface area contributed by atoms with Gasteiger partial charge in [-0.2, -0.15) is 23.4 Å². The minimum absolute atomic E-state index is 0.0447. The monoisotopic (exact) mass is 730 g/mol. The lowest BCUT2D eigenvalue weighted by Gasteiger charge is -2.33. The summed E-state index contributed by atoms with van der Waals surface area (Å²) in [6.07, 6.45) is -0.867. The smallest absolute Gasteiger partial charge is 0.381 e. The standard InChI is InChI=1S/C30H36BrF5N8O3/c31-8-10-43-23(3-9-38-43)27(46)40-25(17-1-6-29(32,33)7-2-17)22-16-44-28(39-22)41-24(18-4-11-47-12-5-18)21(42-44)14-19-13-20(30(34,35)36)15-37-26(19)45/h3,9,16-20,25H,1-2,4-8,10-15H2,(H,37,45)(H,40,46)/t19-,20-,25+/m1/s1. The van der Waals surface area contributed by atoms with E-state index in [0.29, 0.717) is 60.7 Å². The second-order valence-electron chi connectivity index (χ2n) is 12.6. The zero-order valence-electron chi connectivity index (χ0n) is 25.5. The SMILES string of the molecule is O=C(N[C@H](c1cn2nc(C[C@H]3C[C@@H](C(F)(F)F)CNC3=O)c(C3CCOCC3)nc2n1)C1CCC(F)(F)CC1)c1ccnn1CCBr. The second-order valence-corrected chi connectivity index (χ2v) is 13.4. The van der Waals surface area contributed by atoms with Gasteiger partial charge in [0.25, 0.3) is 11.7 Å². The van der Waals surface area contributed by atoms with Crippen LogP contribution in [0.2, 0.25) is 0 Å². The molecule has 3 aromatic rings. The molecule has 3 atom stereocenters. The average Bonchev–Trinajstić information content (AvgIpc) is 3.67. The Morgan fingerprint density at radius 1 is 1.17 bits per heavy atom. The number of aromatic nitrogens is 6. The molecule has 5 heterocycles. The molecule has 17 heteroatoms. The molecule has 11 nitrogen and oxygen atoms in total. The molecule has 2 aliphatic heterocycles. The third kappa shape index (κ3) is 7.60. The second kappa shape index (κ2) is 13.7. The molecule has 0 aromatic carbocycles. The number of nitrogens with one attached hydrogen (secondary N) is 2. The highest BCUT2D eigenvalue weighted by atomic mass is 79.9. The van der Waals surface area contributed by atoms with Gasteiger partial charge in [-0.25, -0.2) is 23.3 Å². The first kappa shape index (κ1) is 33.7. The summed E-state index contributed by atoms with van der Waals surface area (Å²) in [7, 11) is 0. The number of carbonyl (C=O) groups is 2. The largest absolute Gasteiger partial charge is 0.393 e. The number of nitrogens with zero attached hydrogens (tertiary/aromatic N) is 6. The normalized spacial score (nSPS) is 23.5. The first-order valence-corrected chi connectivity index (χ1v) is 17.0. The quantitative estimate of drug-likeness (QED) is 0.240. The number of hydrogen-bond acceptors (Lipinski definition) is 7. The van der Waals surface area contributed by atoms with Gasteiger partial charge in [0.2, 0.25) is 11.8 Å². The van der Waals surface area contributed by atoms with Crippen LogP contribution >= 0.6 is 15.9 Å². The maximum absolute atomic E-state index is 14.2. The fraction of sp³-hybridized carbons (Fsp3) is 0.667. The first-order valence-electron chi connectivity index (χ1n) is 15.9. The summed E-state index contributed by atoms with van der Waals surface area (Å²) in [6.45, 7) is 0.933. The number of imidazole rings is 1. The highest BCUT2D eigenvalue weighted by molar-refractivity contribution is 9.09. The maximum Gasteiger partial charge on any atom is 0.393 e. The summed E-state index contributed by atoms with van der Waals surface area (Å²) >= 11 is 3.35. The van der Waals surface area contributed by atoms with Gasteiger partial charge in [0.1, 0.15) is 5.69 Å². The number of carbonyl (C=O) groups excluding carboxylic acids is 2. The zero-order chi connectivity index (χ0) is 33.3. The topological polar surface area (TPSA) is 128 Å². The van der Waals surface area contributed by atoms with E-state index in [-0.39, 0.29) is 56.1 Å². The van der Waals surface area contributed by atoms with E-state index < -0.39 is 48.3 Å². The fourth-order valence-electron chi connectivity index (χ4n) is 6.86. The number of hydrogen-bond donors (Lipinski definition) is 2. The van der Waals surface area contributed by atoms with E-state index in [1.807, 2.05) is 0 Å². The maximum atomic E-state index is 14.2. The molecule has 47 heavy (non-hydrogen) atoms. The highest BCUT2D eigenvalue weighted by Gasteiger charge is 2.45. The molecule has 3 aromatic heterocycles. The van der Waals surface area contributed by atoms with Gasteiger partial charge in [-0.05, 0) is 44.1 Å². The molecular weight excluding hydrogens is 695 g/mol. The molecular formula is C30H36BrF5N8O3. The van der Waals surface area contributed by atoms with Crippen LogP contribution in [0, 0.1) is 17.8 Å². The molecule has 2 N–H and O–H groups in total. The predicted molar refractivity (Wildman–Crippen MR) is 161 cm³/mol. The van der Waals surface area contributed by atoms with Crippen molar-refractivity contribution in [3.8, 4) is 0 Å². The molecule has 0 radical (unpaired) electrons. The number of piperidine rings is 1. The summed E-state index contributed by atoms with van der Waals surface area (Å²) in [5.41, 5.74) is 1.63. The summed E-state index contributed by atoms with van der Waals surface area (Å²) in [4.78, 5) is 35.8. The van der Waals surface area contributed by atoms with Crippen LogP contribution in [0.4, 0.5) is 22.0 Å². The Morgan fingerprint density at radius 2 is 1.91 bits per heavy atom. The van der Waals surface area contributed by atoms with Crippen LogP contribution in [0.15, 0.2) is 18.5 Å². The molecule has 256 valence electrons. The number of halogens is 6. The van der Waals surface area contributed by atoms with Gasteiger partial charge >= 0.3 is 6.18 Å². The summed E-state index contributed by atoms with van der Waals surface area (Å²) in [5.74, 6) is -6.55. The number of alkyl halides is 6. The van der Waals surface area contributed by atoms with Crippen molar-refractivity contribution in [2.75, 3.05) is 25.1 Å². The van der Waals surface area contributed by atoms with E-state index >= 15 is 0 Å². The Morgan fingerprint density at radius 3 is 2.62 bits per heavy atom. The molecule has 6 rings (SSSR count). The Kier molecular flexibility index (Phi) is 9.84. The molecule has 3 aliphatic rings. The van der Waals surface area contributed by atoms with Crippen LogP contribution in [-0.2, 0) is 22.5 Å². The van der Waals surface area contributed by atoms with Gasteiger partial charge in [0, 0.05) is 62.4 Å². The van der Waals surface area contributed by atoms with Crippen LogP contribution in [0.5, 0.6) is 0 Å². The van der Waals surface area contributed by atoms with Crippen molar-refractivity contribution in [2.24, 2.45) is 17.8 Å². The highest BCUT2D eigenvalue weighted by Crippen LogP contribution is 2.42. The molecule has 0 unspecified atom stereocenters. The van der Waals surface area contributed by atoms with Gasteiger partial charge in [-0.3, -0.25) is 14.3 Å². The van der Waals surface area contributed by atoms with Crippen molar-refractivity contribution >= 4 is 33.5 Å². The van der Waals surface area contributed by atoms with Crippen LogP contribution in [0.25, 0.3) is 5.78 Å². The molecule has 2 saturated heterocycles. The Labute approximate surface area is 275 Å². The molecule has 0 bridgehead atoms. The van der Waals surface area contributed by atoms with Crippen molar-refractivity contribution < 1.29 is 36.3 Å². The number of ether oxygens (including phenoxy) is 1. The van der Waals surface area contributed by atoms with Crippen molar-refractivity contribution in [1.29, 1.82) is 0 Å². The van der Waals surface area contributed by atoms with E-state index in [1.54, 1.807) is 16.9 Å². The van der Waals surface area contributed by atoms with Gasteiger partial charge < -0.3 is 15.4 Å². The van der Waals surface area contributed by atoms with Crippen LogP contribution in [0.3, 0.4) is 0 Å². The zero-order valence-corrected chi connectivity index (χ0v) is 27.1. The van der Waals surface area contributed by atoms with Crippen molar-refractivity contribution in [2.45, 2.75) is 82.0 Å². The number of fused-ring (bicyclic) bond motifs is 1. The van der Waals surface area contributed by atoms with Crippen LogP contribution < -0.4 is 10.6 Å². The van der Waals surface area contributed by atoms with Gasteiger partial charge in [-0.15, -0.1) is 0 Å². The average molecular weight is 732 g/mol. The van der Waals surface area contributed by atoms with Gasteiger partial charge in [-0.1, -0.05) is 15.9 Å². The van der Waals surface area contributed by atoms with E-state index in [2.05, 4.69) is 31.7 Å². The molecule has 3 fully saturated rings. The summed E-state index contributed by atoms with van der Waals surface area (Å²) in [5, 5.41) is 14.9. The minimum Gasteiger partial charge on any atom is -0.381 e. The molecule has 1 saturated carbocycles. The van der Waals surface area contributed by atoms with Gasteiger partial charge in [0.15, 0.2) is 0 Å². The Bertz CT molecular complexity index is 1580. The lowest BCUT2D eigenvalue weighted by molar-refractivity contribution is -0.183. The number of aryl methyl sites for hydroxylation is 1. The summed E-state index contributed by atoms with van der Waals surface area (Å²) in [6, 6.07) is 0.828. The number of amides is 2. The van der Waals surface area contributed by atoms with E-state index in [0.717, 1.165) is 0 Å². The minimum atomic E-state index is -4.45. The van der Waals surface area contributed by atoms with Crippen LogP contribution in [-0.4, -0.2) is 78.4 Å². The molecule has 2 amide bonds. The Balaban J connectivity index is 1.35. The lowest BCUT2D eigenvalue weighted by Crippen LogP contribution is -2.47. The van der Waals surface area contributed by atoms with Crippen molar-refractivity contribution in [3.63, 3.8) is 0 Å². The summed E-state index contributed by atoms with van der Waals surface area (Å²) < 4.78 is 77.6. The third-order valence-electron chi connectivity index (χ3n) is 9.49. The fourth-order valence-corrected chi connectivity index (χ4v) is 7.20. The Hall–Kier alpha value is -3.21. The third-order valence-corrected chi connectivity index (χ3v) is 9.84. The molecule has 1 aliphatic carbocycles. The molecule has 0 spiro atoms. The first-order chi connectivity index (χ1) is 22.4. The van der Waals surface area contributed by atoms with Gasteiger partial charge in [0.05, 0.1) is 41.8 Å². The predicted octanol–water partition coefficient (Wildman–Crippen LogP) is 4.76. The van der Waals surface area contributed by atoms with Crippen molar-refractivity contribution in [1.82, 2.24) is 40.0 Å². The number of rotatable bonds is 9.